The van der Waals surface area contributed by atoms with Gasteiger partial charge >= 0.3 is 0 Å². The first-order valence-corrected chi connectivity index (χ1v) is 4.67. The highest BCUT2D eigenvalue weighted by Gasteiger charge is 1.98. The Labute approximate surface area is 78.8 Å². The first kappa shape index (κ1) is 10.2. The van der Waals surface area contributed by atoms with Gasteiger partial charge in [0, 0.05) is 6.42 Å². The van der Waals surface area contributed by atoms with Crippen molar-refractivity contribution in [2.45, 2.75) is 32.0 Å². The van der Waals surface area contributed by atoms with Gasteiger partial charge in [0.2, 0.25) is 0 Å². The van der Waals surface area contributed by atoms with Crippen LogP contribution in [-0.4, -0.2) is 11.4 Å². The molecule has 1 atom stereocenters. The third-order valence-corrected chi connectivity index (χ3v) is 2.01. The Morgan fingerprint density at radius 2 is 1.85 bits per heavy atom. The quantitative estimate of drug-likeness (QED) is 0.546. The molecule has 13 heavy (non-hydrogen) atoms. The summed E-state index contributed by atoms with van der Waals surface area (Å²) in [5.41, 5.74) is 1.29. The van der Waals surface area contributed by atoms with E-state index in [9.17, 15) is 5.11 Å². The minimum absolute atomic E-state index is 0.368. The Morgan fingerprint density at radius 1 is 1.15 bits per heavy atom. The summed E-state index contributed by atoms with van der Waals surface area (Å²) in [5.74, 6) is 0. The smallest absolute Gasteiger partial charge is 0.188 e. The fourth-order valence-corrected chi connectivity index (χ4v) is 1.29. The van der Waals surface area contributed by atoms with Gasteiger partial charge in [-0.1, -0.05) is 30.3 Å². The van der Waals surface area contributed by atoms with Crippen molar-refractivity contribution in [1.29, 1.82) is 0 Å². The predicted molar refractivity (Wildman–Crippen MR) is 50.7 cm³/mol. The molecule has 2 heteroatoms. The summed E-state index contributed by atoms with van der Waals surface area (Å²) >= 11 is 0. The molecule has 0 heterocycles. The second-order valence-electron chi connectivity index (χ2n) is 3.19. The van der Waals surface area contributed by atoms with E-state index in [0.717, 1.165) is 19.3 Å². The van der Waals surface area contributed by atoms with Crippen LogP contribution in [0.1, 0.15) is 24.8 Å². The topological polar surface area (TPSA) is 40.1 Å². The first-order chi connectivity index (χ1) is 6.29. The minimum atomic E-state index is -1.39. The van der Waals surface area contributed by atoms with Crippen LogP contribution in [0.15, 0.2) is 30.3 Å². The molecule has 1 N–H and O–H groups in total. The Bertz CT molecular complexity index is 219. The molecule has 0 aliphatic rings. The van der Waals surface area contributed by atoms with E-state index in [4.69, 9.17) is 5.11 Å². The zero-order valence-electron chi connectivity index (χ0n) is 7.65. The van der Waals surface area contributed by atoms with Crippen molar-refractivity contribution in [2.24, 2.45) is 0 Å². The van der Waals surface area contributed by atoms with Gasteiger partial charge in [-0.2, -0.15) is 0 Å². The number of rotatable bonds is 5. The fourth-order valence-electron chi connectivity index (χ4n) is 1.29. The fraction of sp³-hybridized carbons (Fsp3) is 0.455. The Balaban J connectivity index is 2.13. The van der Waals surface area contributed by atoms with Gasteiger partial charge in [0.05, 0.1) is 0 Å². The van der Waals surface area contributed by atoms with Gasteiger partial charge in [-0.3, -0.25) is 0 Å². The number of hydrogen-bond donors (Lipinski definition) is 1. The van der Waals surface area contributed by atoms with E-state index in [2.05, 4.69) is 12.1 Å². The van der Waals surface area contributed by atoms with Gasteiger partial charge in [-0.15, -0.1) is 0 Å². The highest BCUT2D eigenvalue weighted by atomic mass is 16.5. The lowest BCUT2D eigenvalue weighted by Crippen LogP contribution is -2.01. The standard InChI is InChI=1S/C11H15O2/c12-11(13)9-5-4-8-10-6-2-1-3-7-10/h1-3,6-7,11-12H,4-5,8-9H2. The number of aryl methyl sites for hydroxylation is 1. The average molecular weight is 179 g/mol. The molecular formula is C11H15O2. The molecule has 0 saturated carbocycles. The summed E-state index contributed by atoms with van der Waals surface area (Å²) in [7, 11) is 0. The molecule has 1 radical (unpaired) electrons. The number of hydrogen-bond acceptors (Lipinski definition) is 1. The molecule has 1 aromatic rings. The minimum Gasteiger partial charge on any atom is -0.366 e. The summed E-state index contributed by atoms with van der Waals surface area (Å²) in [6.07, 6.45) is 1.75. The van der Waals surface area contributed by atoms with E-state index in [1.54, 1.807) is 0 Å². The summed E-state index contributed by atoms with van der Waals surface area (Å²) in [6.45, 7) is 0. The summed E-state index contributed by atoms with van der Waals surface area (Å²) in [5, 5.41) is 18.8. The van der Waals surface area contributed by atoms with Gasteiger partial charge in [0.1, 0.15) is 0 Å². The van der Waals surface area contributed by atoms with Gasteiger partial charge < -0.3 is 5.11 Å². The molecule has 1 unspecified atom stereocenters. The molecule has 1 aromatic carbocycles. The van der Waals surface area contributed by atoms with Crippen LogP contribution < -0.4 is 0 Å². The lowest BCUT2D eigenvalue weighted by atomic mass is 10.1. The van der Waals surface area contributed by atoms with Crippen molar-refractivity contribution in [1.82, 2.24) is 0 Å². The van der Waals surface area contributed by atoms with Gasteiger partial charge in [0.15, 0.2) is 6.29 Å². The van der Waals surface area contributed by atoms with Gasteiger partial charge in [0.25, 0.3) is 0 Å². The van der Waals surface area contributed by atoms with Crippen molar-refractivity contribution >= 4 is 0 Å². The predicted octanol–water partition coefficient (Wildman–Crippen LogP) is 2.15. The number of unbranched alkanes of at least 4 members (excludes halogenated alkanes) is 1. The van der Waals surface area contributed by atoms with E-state index in [1.807, 2.05) is 18.2 Å². The Kier molecular flexibility index (Phi) is 4.50. The van der Waals surface area contributed by atoms with E-state index in [0.29, 0.717) is 6.42 Å². The molecule has 0 saturated heterocycles. The van der Waals surface area contributed by atoms with Crippen LogP contribution in [0.5, 0.6) is 0 Å². The molecule has 0 aliphatic carbocycles. The molecule has 0 aliphatic heterocycles. The lowest BCUT2D eigenvalue weighted by Gasteiger charge is -2.01. The zero-order valence-corrected chi connectivity index (χ0v) is 7.65. The van der Waals surface area contributed by atoms with Crippen LogP contribution in [0.3, 0.4) is 0 Å². The van der Waals surface area contributed by atoms with Crippen LogP contribution in [-0.2, 0) is 11.5 Å². The van der Waals surface area contributed by atoms with Crippen molar-refractivity contribution in [3.63, 3.8) is 0 Å². The number of aliphatic hydroxyl groups is 1. The second kappa shape index (κ2) is 5.73. The maximum atomic E-state index is 10.3. The maximum absolute atomic E-state index is 10.3. The van der Waals surface area contributed by atoms with E-state index >= 15 is 0 Å². The van der Waals surface area contributed by atoms with E-state index in [-0.39, 0.29) is 0 Å². The Morgan fingerprint density at radius 3 is 2.46 bits per heavy atom. The van der Waals surface area contributed by atoms with Gasteiger partial charge in [-0.05, 0) is 24.8 Å². The molecule has 0 fully saturated rings. The molecular weight excluding hydrogens is 164 g/mol. The van der Waals surface area contributed by atoms with Gasteiger partial charge in [-0.25, -0.2) is 5.11 Å². The van der Waals surface area contributed by atoms with E-state index in [1.165, 1.54) is 5.56 Å². The largest absolute Gasteiger partial charge is 0.366 e. The summed E-state index contributed by atoms with van der Waals surface area (Å²) in [4.78, 5) is 0. The zero-order chi connectivity index (χ0) is 9.52. The normalized spacial score (nSPS) is 10.7. The molecule has 0 spiro atoms. The summed E-state index contributed by atoms with van der Waals surface area (Å²) in [6, 6.07) is 10.2. The summed E-state index contributed by atoms with van der Waals surface area (Å²) < 4.78 is 0. The van der Waals surface area contributed by atoms with Crippen molar-refractivity contribution in [3.05, 3.63) is 35.9 Å². The molecule has 0 aromatic heterocycles. The van der Waals surface area contributed by atoms with Crippen LogP contribution in [0, 0.1) is 0 Å². The van der Waals surface area contributed by atoms with Crippen LogP contribution in [0.2, 0.25) is 0 Å². The molecule has 71 valence electrons. The highest BCUT2D eigenvalue weighted by molar-refractivity contribution is 5.14. The van der Waals surface area contributed by atoms with Crippen molar-refractivity contribution in [3.8, 4) is 0 Å². The highest BCUT2D eigenvalue weighted by Crippen LogP contribution is 2.06. The van der Waals surface area contributed by atoms with Crippen molar-refractivity contribution in [2.75, 3.05) is 0 Å². The SMILES string of the molecule is [O]C(O)CCCCc1ccccc1. The second-order valence-corrected chi connectivity index (χ2v) is 3.19. The number of aliphatic hydroxyl groups excluding tert-OH is 1. The third-order valence-electron chi connectivity index (χ3n) is 2.01. The lowest BCUT2D eigenvalue weighted by molar-refractivity contribution is -0.0967. The molecule has 1 rings (SSSR count). The first-order valence-electron chi connectivity index (χ1n) is 4.67. The van der Waals surface area contributed by atoms with Crippen LogP contribution in [0.25, 0.3) is 0 Å². The molecule has 0 amide bonds. The number of benzene rings is 1. The van der Waals surface area contributed by atoms with E-state index < -0.39 is 6.29 Å². The average Bonchev–Trinajstić information content (AvgIpc) is 2.14. The van der Waals surface area contributed by atoms with Crippen LogP contribution in [0.4, 0.5) is 0 Å². The molecule has 0 bridgehead atoms. The Hall–Kier alpha value is -0.860. The van der Waals surface area contributed by atoms with Crippen molar-refractivity contribution < 1.29 is 10.2 Å². The third kappa shape index (κ3) is 4.65. The molecule has 2 nitrogen and oxygen atoms in total. The monoisotopic (exact) mass is 179 g/mol. The van der Waals surface area contributed by atoms with Crippen LogP contribution >= 0.6 is 0 Å². The maximum Gasteiger partial charge on any atom is 0.188 e.